The van der Waals surface area contributed by atoms with Gasteiger partial charge in [-0.3, -0.25) is 9.69 Å². The minimum absolute atomic E-state index is 0.0366. The van der Waals surface area contributed by atoms with Gasteiger partial charge in [-0.15, -0.1) is 0 Å². The Morgan fingerprint density at radius 1 is 1.20 bits per heavy atom. The molecule has 1 amide bonds. The molecule has 0 unspecified atom stereocenters. The molecule has 3 aliphatic heterocycles. The summed E-state index contributed by atoms with van der Waals surface area (Å²) in [4.78, 5) is 18.4. The van der Waals surface area contributed by atoms with Gasteiger partial charge in [0, 0.05) is 17.8 Å². The van der Waals surface area contributed by atoms with Crippen LogP contribution in [-0.2, 0) is 0 Å². The average molecular weight is 334 g/mol. The summed E-state index contributed by atoms with van der Waals surface area (Å²) in [6.07, 6.45) is 2.35. The first-order chi connectivity index (χ1) is 12.2. The molecule has 2 atom stereocenters. The Morgan fingerprint density at radius 3 is 2.56 bits per heavy atom. The normalized spacial score (nSPS) is 27.7. The number of nitrogens with zero attached hydrogens (tertiary/aromatic N) is 2. The highest BCUT2D eigenvalue weighted by Gasteiger charge is 2.40. The summed E-state index contributed by atoms with van der Waals surface area (Å²) in [5, 5.41) is 12.1. The molecule has 1 aromatic heterocycles. The highest BCUT2D eigenvalue weighted by atomic mass is 16.2. The van der Waals surface area contributed by atoms with Gasteiger partial charge in [-0.05, 0) is 68.6 Å². The highest BCUT2D eigenvalue weighted by molar-refractivity contribution is 5.93. The van der Waals surface area contributed by atoms with Crippen molar-refractivity contribution in [3.05, 3.63) is 47.7 Å². The van der Waals surface area contributed by atoms with Crippen molar-refractivity contribution in [2.75, 3.05) is 13.1 Å². The Balaban J connectivity index is 1.48. The molecule has 5 rings (SSSR count). The van der Waals surface area contributed by atoms with Crippen LogP contribution >= 0.6 is 0 Å². The van der Waals surface area contributed by atoms with Crippen LogP contribution in [0.3, 0.4) is 0 Å². The van der Waals surface area contributed by atoms with E-state index in [4.69, 9.17) is 5.26 Å². The van der Waals surface area contributed by atoms with Crippen LogP contribution in [0.2, 0.25) is 0 Å². The van der Waals surface area contributed by atoms with Gasteiger partial charge in [0.1, 0.15) is 5.69 Å². The van der Waals surface area contributed by atoms with Crippen molar-refractivity contribution in [2.24, 2.45) is 5.92 Å². The molecule has 0 saturated carbocycles. The molecule has 5 heteroatoms. The summed E-state index contributed by atoms with van der Waals surface area (Å²) in [6, 6.07) is 13.8. The molecule has 128 valence electrons. The number of aromatic nitrogens is 1. The zero-order valence-electron chi connectivity index (χ0n) is 14.3. The van der Waals surface area contributed by atoms with E-state index in [0.29, 0.717) is 23.2 Å². The van der Waals surface area contributed by atoms with Crippen molar-refractivity contribution in [1.29, 1.82) is 5.26 Å². The lowest BCUT2D eigenvalue weighted by atomic mass is 9.79. The van der Waals surface area contributed by atoms with E-state index in [9.17, 15) is 4.79 Å². The molecule has 3 aliphatic rings. The Labute approximate surface area is 147 Å². The van der Waals surface area contributed by atoms with Crippen LogP contribution in [0.1, 0.15) is 35.8 Å². The third-order valence-corrected chi connectivity index (χ3v) is 5.73. The molecule has 1 aromatic carbocycles. The number of nitrogens with one attached hydrogen (secondary N) is 2. The van der Waals surface area contributed by atoms with Crippen molar-refractivity contribution in [2.45, 2.75) is 31.8 Å². The summed E-state index contributed by atoms with van der Waals surface area (Å²) in [6.45, 7) is 4.53. The van der Waals surface area contributed by atoms with Crippen LogP contribution in [0, 0.1) is 17.2 Å². The lowest BCUT2D eigenvalue weighted by Gasteiger charge is -2.49. The number of benzene rings is 1. The molecule has 3 saturated heterocycles. The van der Waals surface area contributed by atoms with Crippen LogP contribution in [0.5, 0.6) is 0 Å². The molecule has 0 aliphatic carbocycles. The maximum atomic E-state index is 12.7. The van der Waals surface area contributed by atoms with Crippen LogP contribution in [0.15, 0.2) is 36.4 Å². The Bertz CT molecular complexity index is 807. The van der Waals surface area contributed by atoms with Gasteiger partial charge < -0.3 is 10.3 Å². The smallest absolute Gasteiger partial charge is 0.267 e. The first kappa shape index (κ1) is 15.9. The first-order valence-electron chi connectivity index (χ1n) is 8.90. The minimum atomic E-state index is -0.0366. The SMILES string of the molecule is C[C@@H]1[C@H](NC(=O)c2ccc(-c3ccc(C#N)cc3)[nH]2)C2CCN1CC2. The summed E-state index contributed by atoms with van der Waals surface area (Å²) in [7, 11) is 0. The Hall–Kier alpha value is -2.58. The average Bonchev–Trinajstić information content (AvgIpc) is 3.15. The van der Waals surface area contributed by atoms with Gasteiger partial charge in [0.15, 0.2) is 0 Å². The maximum Gasteiger partial charge on any atom is 0.267 e. The zero-order valence-corrected chi connectivity index (χ0v) is 14.3. The lowest BCUT2D eigenvalue weighted by molar-refractivity contribution is 0.0216. The second-order valence-corrected chi connectivity index (χ2v) is 7.09. The van der Waals surface area contributed by atoms with Gasteiger partial charge in [-0.2, -0.15) is 5.26 Å². The number of rotatable bonds is 3. The Morgan fingerprint density at radius 2 is 1.92 bits per heavy atom. The summed E-state index contributed by atoms with van der Waals surface area (Å²) < 4.78 is 0. The third kappa shape index (κ3) is 2.94. The number of piperidine rings is 3. The van der Waals surface area contributed by atoms with E-state index in [1.165, 1.54) is 12.8 Å². The number of hydrogen-bond donors (Lipinski definition) is 2. The number of carbonyl (C=O) groups is 1. The van der Waals surface area contributed by atoms with Crippen LogP contribution in [0.4, 0.5) is 0 Å². The number of fused-ring (bicyclic) bond motifs is 3. The van der Waals surface area contributed by atoms with Crippen molar-refractivity contribution in [3.8, 4) is 17.3 Å². The van der Waals surface area contributed by atoms with E-state index < -0.39 is 0 Å². The highest BCUT2D eigenvalue weighted by Crippen LogP contribution is 2.32. The monoisotopic (exact) mass is 334 g/mol. The number of H-pyrrole nitrogens is 1. The second kappa shape index (κ2) is 6.38. The van der Waals surface area contributed by atoms with Gasteiger partial charge in [-0.1, -0.05) is 12.1 Å². The standard InChI is InChI=1S/C20H22N4O/c1-13-19(16-8-10-24(13)11-9-16)23-20(25)18-7-6-17(22-18)15-4-2-14(12-21)3-5-15/h2-7,13,16,19,22H,8-11H2,1H3,(H,23,25)/t13-,19+/m1/s1. The molecular weight excluding hydrogens is 312 g/mol. The van der Waals surface area contributed by atoms with Crippen LogP contribution in [-0.4, -0.2) is 41.0 Å². The van der Waals surface area contributed by atoms with Gasteiger partial charge >= 0.3 is 0 Å². The van der Waals surface area contributed by atoms with Gasteiger partial charge in [0.25, 0.3) is 5.91 Å². The third-order valence-electron chi connectivity index (χ3n) is 5.73. The molecular formula is C20H22N4O. The Kier molecular flexibility index (Phi) is 4.06. The molecule has 5 nitrogen and oxygen atoms in total. The van der Waals surface area contributed by atoms with E-state index in [0.717, 1.165) is 24.3 Å². The lowest BCUT2D eigenvalue weighted by Crippen LogP contribution is -2.62. The van der Waals surface area contributed by atoms with Crippen molar-refractivity contribution in [3.63, 3.8) is 0 Å². The van der Waals surface area contributed by atoms with Crippen LogP contribution in [0.25, 0.3) is 11.3 Å². The predicted molar refractivity (Wildman–Crippen MR) is 96.0 cm³/mol. The van der Waals surface area contributed by atoms with Crippen molar-refractivity contribution in [1.82, 2.24) is 15.2 Å². The molecule has 2 aromatic rings. The van der Waals surface area contributed by atoms with Crippen molar-refractivity contribution < 1.29 is 4.79 Å². The van der Waals surface area contributed by atoms with Gasteiger partial charge in [0.05, 0.1) is 11.6 Å². The van der Waals surface area contributed by atoms with Gasteiger partial charge in [-0.25, -0.2) is 0 Å². The van der Waals surface area contributed by atoms with E-state index in [-0.39, 0.29) is 11.9 Å². The van der Waals surface area contributed by atoms with E-state index >= 15 is 0 Å². The van der Waals surface area contributed by atoms with E-state index in [2.05, 4.69) is 28.2 Å². The number of hydrogen-bond acceptors (Lipinski definition) is 3. The van der Waals surface area contributed by atoms with Gasteiger partial charge in [0.2, 0.25) is 0 Å². The molecule has 25 heavy (non-hydrogen) atoms. The topological polar surface area (TPSA) is 71.9 Å². The number of carbonyl (C=O) groups excluding carboxylic acids is 1. The number of aromatic amines is 1. The predicted octanol–water partition coefficient (Wildman–Crippen LogP) is 2.77. The summed E-state index contributed by atoms with van der Waals surface area (Å²) in [5.41, 5.74) is 3.07. The fraction of sp³-hybridized carbons (Fsp3) is 0.400. The molecule has 0 spiro atoms. The van der Waals surface area contributed by atoms with Crippen molar-refractivity contribution >= 4 is 5.91 Å². The molecule has 2 bridgehead atoms. The fourth-order valence-corrected chi connectivity index (χ4v) is 4.19. The summed E-state index contributed by atoms with van der Waals surface area (Å²) in [5.74, 6) is 0.558. The first-order valence-corrected chi connectivity index (χ1v) is 8.90. The molecule has 3 fully saturated rings. The zero-order chi connectivity index (χ0) is 17.4. The quantitative estimate of drug-likeness (QED) is 0.906. The van der Waals surface area contributed by atoms with Crippen LogP contribution < -0.4 is 5.32 Å². The van der Waals surface area contributed by atoms with E-state index in [1.807, 2.05) is 24.3 Å². The number of amides is 1. The minimum Gasteiger partial charge on any atom is -0.351 e. The summed E-state index contributed by atoms with van der Waals surface area (Å²) >= 11 is 0. The molecule has 0 radical (unpaired) electrons. The second-order valence-electron chi connectivity index (χ2n) is 7.09. The fourth-order valence-electron chi connectivity index (χ4n) is 4.19. The molecule has 2 N–H and O–H groups in total. The van der Waals surface area contributed by atoms with E-state index in [1.54, 1.807) is 12.1 Å². The molecule has 4 heterocycles. The largest absolute Gasteiger partial charge is 0.351 e. The maximum absolute atomic E-state index is 12.7. The number of nitriles is 1.